The second kappa shape index (κ2) is 9.84. The monoisotopic (exact) mass is 399 g/mol. The second-order valence-corrected chi connectivity index (χ2v) is 8.10. The van der Waals surface area contributed by atoms with E-state index in [2.05, 4.69) is 72.5 Å². The summed E-state index contributed by atoms with van der Waals surface area (Å²) in [6, 6.07) is 31.2. The third-order valence-electron chi connectivity index (χ3n) is 5.97. The van der Waals surface area contributed by atoms with Gasteiger partial charge in [-0.25, -0.2) is 0 Å². The molecule has 4 rings (SSSR count). The van der Waals surface area contributed by atoms with Gasteiger partial charge in [-0.2, -0.15) is 0 Å². The van der Waals surface area contributed by atoms with Crippen LogP contribution in [0.25, 0.3) is 0 Å². The number of hydrogen-bond acceptors (Lipinski definition) is 3. The molecule has 154 valence electrons. The number of nitrogens with zero attached hydrogens (tertiary/aromatic N) is 1. The van der Waals surface area contributed by atoms with Crippen LogP contribution in [0.5, 0.6) is 0 Å². The van der Waals surface area contributed by atoms with Gasteiger partial charge in [0.1, 0.15) is 5.78 Å². The minimum atomic E-state index is -0.0515. The van der Waals surface area contributed by atoms with Gasteiger partial charge in [0.2, 0.25) is 0 Å². The molecule has 3 atom stereocenters. The summed E-state index contributed by atoms with van der Waals surface area (Å²) < 4.78 is 6.27. The van der Waals surface area contributed by atoms with Crippen LogP contribution >= 0.6 is 0 Å². The lowest BCUT2D eigenvalue weighted by atomic mass is 9.87. The molecule has 0 unspecified atom stereocenters. The van der Waals surface area contributed by atoms with E-state index in [0.29, 0.717) is 25.2 Å². The van der Waals surface area contributed by atoms with Gasteiger partial charge in [-0.15, -0.1) is 0 Å². The van der Waals surface area contributed by atoms with Crippen molar-refractivity contribution < 1.29 is 9.53 Å². The molecule has 3 heteroatoms. The topological polar surface area (TPSA) is 29.5 Å². The Morgan fingerprint density at radius 2 is 1.40 bits per heavy atom. The summed E-state index contributed by atoms with van der Waals surface area (Å²) in [5.74, 6) is 0.313. The van der Waals surface area contributed by atoms with E-state index in [1.807, 2.05) is 30.3 Å². The predicted octanol–water partition coefficient (Wildman–Crippen LogP) is 5.57. The number of Topliss-reactive ketones (excluding diaryl/α,β-unsaturated/α-hetero) is 1. The minimum Gasteiger partial charge on any atom is -0.372 e. The Bertz CT molecular complexity index is 927. The van der Waals surface area contributed by atoms with Crippen molar-refractivity contribution in [1.29, 1.82) is 0 Å². The molecule has 0 radical (unpaired) electrons. The molecule has 1 heterocycles. The average Bonchev–Trinajstić information content (AvgIpc) is 2.80. The highest BCUT2D eigenvalue weighted by atomic mass is 16.5. The fourth-order valence-electron chi connectivity index (χ4n) is 4.35. The Morgan fingerprint density at radius 3 is 2.03 bits per heavy atom. The van der Waals surface area contributed by atoms with Crippen LogP contribution in [0.1, 0.15) is 42.5 Å². The summed E-state index contributed by atoms with van der Waals surface area (Å²) in [5, 5.41) is 0. The zero-order chi connectivity index (χ0) is 20.8. The Hall–Kier alpha value is -2.75. The zero-order valence-corrected chi connectivity index (χ0v) is 17.5. The van der Waals surface area contributed by atoms with E-state index >= 15 is 0 Å². The standard InChI is InChI=1S/C27H29NO2/c1-21(30-20-23-13-7-3-8-14-23)26-17-25(29)18-27(24-15-9-4-10-16-24)28(26)19-22-11-5-2-6-12-22/h2-16,21,26-27H,17-20H2,1H3/t21-,26+,27+/m0/s1. The van der Waals surface area contributed by atoms with Crippen LogP contribution in [-0.4, -0.2) is 22.8 Å². The molecule has 3 aromatic rings. The number of rotatable bonds is 7. The maximum atomic E-state index is 12.8. The molecule has 0 bridgehead atoms. The number of likely N-dealkylation sites (tertiary alicyclic amines) is 1. The zero-order valence-electron chi connectivity index (χ0n) is 17.5. The summed E-state index contributed by atoms with van der Waals surface area (Å²) in [7, 11) is 0. The summed E-state index contributed by atoms with van der Waals surface area (Å²) in [6.45, 7) is 3.46. The van der Waals surface area contributed by atoms with E-state index in [1.165, 1.54) is 11.1 Å². The third kappa shape index (κ3) is 5.05. The lowest BCUT2D eigenvalue weighted by Crippen LogP contribution is -2.50. The average molecular weight is 400 g/mol. The van der Waals surface area contributed by atoms with Crippen LogP contribution < -0.4 is 0 Å². The lowest BCUT2D eigenvalue weighted by Gasteiger charge is -2.44. The third-order valence-corrected chi connectivity index (χ3v) is 5.97. The minimum absolute atomic E-state index is 0.0420. The molecular weight excluding hydrogens is 370 g/mol. The number of carbonyl (C=O) groups is 1. The van der Waals surface area contributed by atoms with Crippen LogP contribution in [0.3, 0.4) is 0 Å². The van der Waals surface area contributed by atoms with Crippen molar-refractivity contribution >= 4 is 5.78 Å². The molecule has 0 N–H and O–H groups in total. The summed E-state index contributed by atoms with van der Waals surface area (Å²) in [5.41, 5.74) is 3.61. The van der Waals surface area contributed by atoms with Gasteiger partial charge in [0.25, 0.3) is 0 Å². The fraction of sp³-hybridized carbons (Fsp3) is 0.296. The van der Waals surface area contributed by atoms with Gasteiger partial charge in [0, 0.05) is 31.5 Å². The van der Waals surface area contributed by atoms with Gasteiger partial charge in [-0.05, 0) is 23.6 Å². The summed E-state index contributed by atoms with van der Waals surface area (Å²) in [6.07, 6.45) is 1.04. The number of piperidine rings is 1. The van der Waals surface area contributed by atoms with Crippen molar-refractivity contribution in [2.45, 2.75) is 51.1 Å². The Kier molecular flexibility index (Phi) is 6.73. The molecule has 1 aliphatic heterocycles. The number of benzene rings is 3. The molecule has 0 aromatic heterocycles. The first kappa shape index (κ1) is 20.5. The van der Waals surface area contributed by atoms with E-state index in [4.69, 9.17) is 4.74 Å². The Balaban J connectivity index is 1.58. The van der Waals surface area contributed by atoms with Gasteiger partial charge in [0.05, 0.1) is 12.7 Å². The second-order valence-electron chi connectivity index (χ2n) is 8.10. The highest BCUT2D eigenvalue weighted by Gasteiger charge is 2.38. The largest absolute Gasteiger partial charge is 0.372 e. The van der Waals surface area contributed by atoms with E-state index < -0.39 is 0 Å². The van der Waals surface area contributed by atoms with Crippen molar-refractivity contribution in [3.8, 4) is 0 Å². The van der Waals surface area contributed by atoms with Crippen molar-refractivity contribution in [3.05, 3.63) is 108 Å². The first-order valence-corrected chi connectivity index (χ1v) is 10.7. The Morgan fingerprint density at radius 1 is 0.833 bits per heavy atom. The Labute approximate surface area is 179 Å². The van der Waals surface area contributed by atoms with E-state index in [0.717, 1.165) is 12.1 Å². The smallest absolute Gasteiger partial charge is 0.136 e. The molecule has 3 nitrogen and oxygen atoms in total. The highest BCUT2D eigenvalue weighted by molar-refractivity contribution is 5.81. The van der Waals surface area contributed by atoms with Crippen molar-refractivity contribution in [1.82, 2.24) is 4.90 Å². The SMILES string of the molecule is C[C@H](OCc1ccccc1)[C@H]1CC(=O)C[C@H](c2ccccc2)N1Cc1ccccc1. The fourth-order valence-corrected chi connectivity index (χ4v) is 4.35. The van der Waals surface area contributed by atoms with Crippen molar-refractivity contribution in [2.24, 2.45) is 0 Å². The van der Waals surface area contributed by atoms with Crippen LogP contribution in [-0.2, 0) is 22.7 Å². The van der Waals surface area contributed by atoms with Gasteiger partial charge >= 0.3 is 0 Å². The summed E-state index contributed by atoms with van der Waals surface area (Å²) in [4.78, 5) is 15.2. The molecule has 1 fully saturated rings. The first-order chi connectivity index (χ1) is 14.7. The number of carbonyl (C=O) groups excluding carboxylic acids is 1. The molecule has 0 spiro atoms. The van der Waals surface area contributed by atoms with Crippen molar-refractivity contribution in [3.63, 3.8) is 0 Å². The van der Waals surface area contributed by atoms with Crippen LogP contribution in [0.15, 0.2) is 91.0 Å². The van der Waals surface area contributed by atoms with Crippen LogP contribution in [0.2, 0.25) is 0 Å². The van der Waals surface area contributed by atoms with Gasteiger partial charge in [-0.3, -0.25) is 9.69 Å². The van der Waals surface area contributed by atoms with Gasteiger partial charge in [-0.1, -0.05) is 91.0 Å². The molecule has 0 amide bonds. The number of ether oxygens (including phenoxy) is 1. The molecule has 1 aliphatic rings. The van der Waals surface area contributed by atoms with E-state index in [1.54, 1.807) is 0 Å². The maximum absolute atomic E-state index is 12.8. The van der Waals surface area contributed by atoms with Gasteiger partial charge < -0.3 is 4.74 Å². The number of ketones is 1. The van der Waals surface area contributed by atoms with E-state index in [-0.39, 0.29) is 18.2 Å². The van der Waals surface area contributed by atoms with Crippen LogP contribution in [0, 0.1) is 0 Å². The molecule has 3 aromatic carbocycles. The maximum Gasteiger partial charge on any atom is 0.136 e. The van der Waals surface area contributed by atoms with Crippen molar-refractivity contribution in [2.75, 3.05) is 0 Å². The first-order valence-electron chi connectivity index (χ1n) is 10.7. The van der Waals surface area contributed by atoms with Gasteiger partial charge in [0.15, 0.2) is 0 Å². The van der Waals surface area contributed by atoms with E-state index in [9.17, 15) is 4.79 Å². The molecular formula is C27H29NO2. The molecule has 1 saturated heterocycles. The van der Waals surface area contributed by atoms with Crippen LogP contribution in [0.4, 0.5) is 0 Å². The number of hydrogen-bond donors (Lipinski definition) is 0. The normalized spacial score (nSPS) is 20.8. The quantitative estimate of drug-likeness (QED) is 0.520. The highest BCUT2D eigenvalue weighted by Crippen LogP contribution is 2.36. The lowest BCUT2D eigenvalue weighted by molar-refractivity contribution is -0.131. The molecule has 0 aliphatic carbocycles. The summed E-state index contributed by atoms with van der Waals surface area (Å²) >= 11 is 0. The molecule has 30 heavy (non-hydrogen) atoms. The molecule has 0 saturated carbocycles. The predicted molar refractivity (Wildman–Crippen MR) is 120 cm³/mol.